The van der Waals surface area contributed by atoms with Crippen molar-refractivity contribution in [2.45, 2.75) is 25.4 Å². The number of urea groups is 1. The molecule has 2 amide bonds. The summed E-state index contributed by atoms with van der Waals surface area (Å²) in [5.74, 6) is 0.524. The van der Waals surface area contributed by atoms with E-state index in [-0.39, 0.29) is 12.1 Å². The van der Waals surface area contributed by atoms with E-state index in [2.05, 4.69) is 21.2 Å². The summed E-state index contributed by atoms with van der Waals surface area (Å²) < 4.78 is 1.04. The van der Waals surface area contributed by atoms with Crippen molar-refractivity contribution in [3.8, 4) is 0 Å². The van der Waals surface area contributed by atoms with Crippen molar-refractivity contribution in [1.29, 1.82) is 0 Å². The molecule has 3 rings (SSSR count). The van der Waals surface area contributed by atoms with E-state index >= 15 is 0 Å². The smallest absolute Gasteiger partial charge is 0.317 e. The zero-order valence-electron chi connectivity index (χ0n) is 13.5. The Kier molecular flexibility index (Phi) is 5.47. The highest BCUT2D eigenvalue weighted by atomic mass is 79.9. The van der Waals surface area contributed by atoms with Crippen molar-refractivity contribution in [2.75, 3.05) is 7.05 Å². The number of amides is 2. The van der Waals surface area contributed by atoms with Gasteiger partial charge in [0.15, 0.2) is 0 Å². The highest BCUT2D eigenvalue weighted by molar-refractivity contribution is 9.10. The lowest BCUT2D eigenvalue weighted by molar-refractivity contribution is 0.201. The quantitative estimate of drug-likeness (QED) is 0.707. The first kappa shape index (κ1) is 17.3. The average molecular weight is 408 g/mol. The number of halogens is 2. The Bertz CT molecular complexity index is 698. The first-order valence-corrected chi connectivity index (χ1v) is 9.21. The monoisotopic (exact) mass is 406 g/mol. The molecule has 1 unspecified atom stereocenters. The van der Waals surface area contributed by atoms with Crippen LogP contribution in [0.4, 0.5) is 4.79 Å². The largest absolute Gasteiger partial charge is 0.331 e. The summed E-state index contributed by atoms with van der Waals surface area (Å²) in [4.78, 5) is 14.3. The predicted molar refractivity (Wildman–Crippen MR) is 101 cm³/mol. The lowest BCUT2D eigenvalue weighted by atomic mass is 10.0. The van der Waals surface area contributed by atoms with Crippen molar-refractivity contribution in [2.24, 2.45) is 5.92 Å². The van der Waals surface area contributed by atoms with Crippen molar-refractivity contribution in [3.63, 3.8) is 0 Å². The molecule has 1 N–H and O–H groups in total. The third-order valence-corrected chi connectivity index (χ3v) is 5.06. The standard InChI is InChI=1S/C19H20BrClN2O/c1-23(12-13-2-8-16(20)9-3-13)19(24)22-18(14-4-5-14)15-6-10-17(21)11-7-15/h2-3,6-11,14,18H,4-5,12H2,1H3,(H,22,24). The van der Waals surface area contributed by atoms with E-state index in [0.29, 0.717) is 17.5 Å². The number of carbonyl (C=O) groups is 1. The molecule has 2 aromatic carbocycles. The van der Waals surface area contributed by atoms with E-state index in [1.54, 1.807) is 4.90 Å². The zero-order chi connectivity index (χ0) is 17.1. The summed E-state index contributed by atoms with van der Waals surface area (Å²) in [5.41, 5.74) is 2.22. The second-order valence-corrected chi connectivity index (χ2v) is 7.65. The SMILES string of the molecule is CN(Cc1ccc(Br)cc1)C(=O)NC(c1ccc(Cl)cc1)C1CC1. The summed E-state index contributed by atoms with van der Waals surface area (Å²) in [6, 6.07) is 15.8. The Hall–Kier alpha value is -1.52. The molecule has 1 aliphatic carbocycles. The third kappa shape index (κ3) is 4.52. The van der Waals surface area contributed by atoms with Gasteiger partial charge in [-0.05, 0) is 54.2 Å². The Morgan fingerprint density at radius 1 is 1.21 bits per heavy atom. The van der Waals surface area contributed by atoms with Gasteiger partial charge in [0.25, 0.3) is 0 Å². The molecule has 1 atom stereocenters. The van der Waals surface area contributed by atoms with E-state index < -0.39 is 0 Å². The topological polar surface area (TPSA) is 32.3 Å². The number of hydrogen-bond donors (Lipinski definition) is 1. The maximum atomic E-state index is 12.6. The normalized spacial score (nSPS) is 15.0. The van der Waals surface area contributed by atoms with E-state index in [1.165, 1.54) is 0 Å². The van der Waals surface area contributed by atoms with E-state index in [1.807, 2.05) is 55.6 Å². The van der Waals surface area contributed by atoms with Crippen LogP contribution in [0.25, 0.3) is 0 Å². The Morgan fingerprint density at radius 3 is 2.42 bits per heavy atom. The lowest BCUT2D eigenvalue weighted by Gasteiger charge is -2.24. The number of hydrogen-bond acceptors (Lipinski definition) is 1. The molecule has 1 fully saturated rings. The average Bonchev–Trinajstić information content (AvgIpc) is 3.40. The van der Waals surface area contributed by atoms with Gasteiger partial charge in [-0.25, -0.2) is 4.79 Å². The summed E-state index contributed by atoms with van der Waals surface area (Å²) in [6.07, 6.45) is 2.31. The molecule has 0 aliphatic heterocycles. The van der Waals surface area contributed by atoms with Gasteiger partial charge in [0.05, 0.1) is 6.04 Å². The molecule has 0 aromatic heterocycles. The van der Waals surface area contributed by atoms with Crippen LogP contribution in [0, 0.1) is 5.92 Å². The van der Waals surface area contributed by atoms with Crippen LogP contribution in [-0.4, -0.2) is 18.0 Å². The van der Waals surface area contributed by atoms with Gasteiger partial charge in [-0.3, -0.25) is 0 Å². The maximum Gasteiger partial charge on any atom is 0.317 e. The lowest BCUT2D eigenvalue weighted by Crippen LogP contribution is -2.39. The van der Waals surface area contributed by atoms with Crippen LogP contribution in [0.1, 0.15) is 30.0 Å². The van der Waals surface area contributed by atoms with Gasteiger partial charge >= 0.3 is 6.03 Å². The highest BCUT2D eigenvalue weighted by Crippen LogP contribution is 2.41. The van der Waals surface area contributed by atoms with Crippen LogP contribution >= 0.6 is 27.5 Å². The fourth-order valence-corrected chi connectivity index (χ4v) is 3.14. The zero-order valence-corrected chi connectivity index (χ0v) is 15.8. The molecule has 5 heteroatoms. The molecule has 0 saturated heterocycles. The molecule has 1 aliphatic rings. The Balaban J connectivity index is 1.64. The fourth-order valence-electron chi connectivity index (χ4n) is 2.75. The number of nitrogens with one attached hydrogen (secondary N) is 1. The second-order valence-electron chi connectivity index (χ2n) is 6.30. The molecular weight excluding hydrogens is 388 g/mol. The van der Waals surface area contributed by atoms with Crippen LogP contribution in [0.3, 0.4) is 0 Å². The molecule has 1 saturated carbocycles. The van der Waals surface area contributed by atoms with Crippen LogP contribution in [0.15, 0.2) is 53.0 Å². The number of rotatable bonds is 5. The molecule has 126 valence electrons. The molecule has 3 nitrogen and oxygen atoms in total. The predicted octanol–water partition coefficient (Wildman–Crippen LogP) is 5.40. The van der Waals surface area contributed by atoms with E-state index in [4.69, 9.17) is 11.6 Å². The van der Waals surface area contributed by atoms with Gasteiger partial charge in [-0.15, -0.1) is 0 Å². The summed E-state index contributed by atoms with van der Waals surface area (Å²) in [5, 5.41) is 3.90. The molecule has 0 radical (unpaired) electrons. The van der Waals surface area contributed by atoms with Crippen molar-refractivity contribution in [1.82, 2.24) is 10.2 Å². The van der Waals surface area contributed by atoms with Crippen molar-refractivity contribution in [3.05, 3.63) is 69.2 Å². The van der Waals surface area contributed by atoms with Crippen molar-refractivity contribution >= 4 is 33.6 Å². The molecule has 24 heavy (non-hydrogen) atoms. The molecule has 0 heterocycles. The number of benzene rings is 2. The van der Waals surface area contributed by atoms with Gasteiger partial charge in [0.1, 0.15) is 0 Å². The first-order chi connectivity index (χ1) is 11.5. The van der Waals surface area contributed by atoms with Crippen LogP contribution in [0.2, 0.25) is 5.02 Å². The van der Waals surface area contributed by atoms with Gasteiger partial charge in [-0.1, -0.05) is 51.8 Å². The van der Waals surface area contributed by atoms with Crippen molar-refractivity contribution < 1.29 is 4.79 Å². The molecular formula is C19H20BrClN2O. The Morgan fingerprint density at radius 2 is 1.83 bits per heavy atom. The van der Waals surface area contributed by atoms with Gasteiger partial charge in [0.2, 0.25) is 0 Å². The summed E-state index contributed by atoms with van der Waals surface area (Å²) >= 11 is 9.40. The van der Waals surface area contributed by atoms with Gasteiger partial charge < -0.3 is 10.2 Å². The third-order valence-electron chi connectivity index (χ3n) is 4.28. The van der Waals surface area contributed by atoms with Gasteiger partial charge in [-0.2, -0.15) is 0 Å². The molecule has 0 bridgehead atoms. The Labute approximate surface area is 156 Å². The van der Waals surface area contributed by atoms with E-state index in [0.717, 1.165) is 28.4 Å². The maximum absolute atomic E-state index is 12.6. The first-order valence-electron chi connectivity index (χ1n) is 8.04. The van der Waals surface area contributed by atoms with Crippen LogP contribution in [0.5, 0.6) is 0 Å². The van der Waals surface area contributed by atoms with Gasteiger partial charge in [0, 0.05) is 23.1 Å². The summed E-state index contributed by atoms with van der Waals surface area (Å²) in [7, 11) is 1.82. The highest BCUT2D eigenvalue weighted by Gasteiger charge is 2.33. The van der Waals surface area contributed by atoms with Crippen LogP contribution in [-0.2, 0) is 6.54 Å². The van der Waals surface area contributed by atoms with Crippen LogP contribution < -0.4 is 5.32 Å². The number of carbonyl (C=O) groups excluding carboxylic acids is 1. The fraction of sp³-hybridized carbons (Fsp3) is 0.316. The van der Waals surface area contributed by atoms with E-state index in [9.17, 15) is 4.79 Å². The minimum Gasteiger partial charge on any atom is -0.331 e. The number of nitrogens with zero attached hydrogens (tertiary/aromatic N) is 1. The second kappa shape index (κ2) is 7.58. The summed E-state index contributed by atoms with van der Waals surface area (Å²) in [6.45, 7) is 0.580. The molecule has 2 aromatic rings. The minimum absolute atomic E-state index is 0.0511. The minimum atomic E-state index is -0.0511. The molecule has 0 spiro atoms.